The summed E-state index contributed by atoms with van der Waals surface area (Å²) in [4.78, 5) is 2.31. The van der Waals surface area contributed by atoms with Crippen LogP contribution in [0.25, 0.3) is 0 Å². The Labute approximate surface area is 147 Å². The molecule has 0 spiro atoms. The van der Waals surface area contributed by atoms with Gasteiger partial charge in [-0.1, -0.05) is 51.7 Å². The Bertz CT molecular complexity index is 441. The van der Waals surface area contributed by atoms with Crippen LogP contribution in [0.4, 0.5) is 5.69 Å². The molecule has 0 saturated heterocycles. The lowest BCUT2D eigenvalue weighted by Gasteiger charge is -2.26. The molecule has 130 valence electrons. The Morgan fingerprint density at radius 3 is 2.17 bits per heavy atom. The van der Waals surface area contributed by atoms with Crippen molar-refractivity contribution in [3.63, 3.8) is 0 Å². The van der Waals surface area contributed by atoms with Crippen molar-refractivity contribution in [2.24, 2.45) is 0 Å². The van der Waals surface area contributed by atoms with Crippen molar-refractivity contribution in [3.05, 3.63) is 24.3 Å². The van der Waals surface area contributed by atoms with Gasteiger partial charge in [0.15, 0.2) is 5.11 Å². The predicted octanol–water partition coefficient (Wildman–Crippen LogP) is 5.46. The highest BCUT2D eigenvalue weighted by atomic mass is 32.1. The number of unbranched alkanes of at least 4 members (excludes halogenated alkanes) is 4. The van der Waals surface area contributed by atoms with Gasteiger partial charge in [0.2, 0.25) is 0 Å². The Morgan fingerprint density at radius 2 is 1.61 bits per heavy atom. The van der Waals surface area contributed by atoms with Crippen molar-refractivity contribution in [2.75, 3.05) is 25.0 Å². The number of benzene rings is 1. The van der Waals surface area contributed by atoms with E-state index in [1.165, 1.54) is 38.5 Å². The van der Waals surface area contributed by atoms with Crippen molar-refractivity contribution in [1.29, 1.82) is 0 Å². The van der Waals surface area contributed by atoms with E-state index in [4.69, 9.17) is 17.0 Å². The monoisotopic (exact) mass is 336 g/mol. The molecule has 0 amide bonds. The van der Waals surface area contributed by atoms with Gasteiger partial charge < -0.3 is 15.0 Å². The molecule has 4 heteroatoms. The van der Waals surface area contributed by atoms with E-state index in [0.717, 1.165) is 29.6 Å². The molecule has 0 heterocycles. The summed E-state index contributed by atoms with van der Waals surface area (Å²) in [6.07, 6.45) is 7.35. The van der Waals surface area contributed by atoms with Crippen LogP contribution in [0, 0.1) is 0 Å². The smallest absolute Gasteiger partial charge is 0.173 e. The molecule has 1 aromatic carbocycles. The molecule has 23 heavy (non-hydrogen) atoms. The van der Waals surface area contributed by atoms with Crippen LogP contribution >= 0.6 is 12.2 Å². The molecule has 0 aliphatic rings. The Balaban J connectivity index is 2.67. The molecular weight excluding hydrogens is 304 g/mol. The molecule has 1 rings (SSSR count). The highest BCUT2D eigenvalue weighted by molar-refractivity contribution is 7.80. The van der Waals surface area contributed by atoms with Crippen molar-refractivity contribution >= 4 is 23.0 Å². The minimum atomic E-state index is 0.655. The zero-order valence-electron chi connectivity index (χ0n) is 14.9. The third kappa shape index (κ3) is 7.69. The lowest BCUT2D eigenvalue weighted by Crippen LogP contribution is -2.36. The molecule has 3 nitrogen and oxygen atoms in total. The third-order valence-electron chi connectivity index (χ3n) is 3.78. The number of hydrogen-bond acceptors (Lipinski definition) is 2. The van der Waals surface area contributed by atoms with E-state index in [0.29, 0.717) is 6.61 Å². The molecule has 0 fully saturated rings. The van der Waals surface area contributed by atoms with E-state index in [1.54, 1.807) is 0 Å². The molecule has 0 bridgehead atoms. The maximum absolute atomic E-state index is 5.67. The van der Waals surface area contributed by atoms with Gasteiger partial charge >= 0.3 is 0 Å². The van der Waals surface area contributed by atoms with Gasteiger partial charge in [0.05, 0.1) is 12.3 Å². The summed E-state index contributed by atoms with van der Waals surface area (Å²) in [5.74, 6) is 0.861. The molecule has 0 aliphatic carbocycles. The van der Waals surface area contributed by atoms with Gasteiger partial charge in [-0.05, 0) is 44.1 Å². The van der Waals surface area contributed by atoms with Gasteiger partial charge in [-0.15, -0.1) is 0 Å². The van der Waals surface area contributed by atoms with E-state index < -0.39 is 0 Å². The SMILES string of the molecule is CCCCCN(CCCCC)C(=S)Nc1ccccc1OCC. The molecule has 0 atom stereocenters. The Morgan fingerprint density at radius 1 is 1.00 bits per heavy atom. The van der Waals surface area contributed by atoms with Crippen LogP contribution in [0.1, 0.15) is 59.3 Å². The number of thiocarbonyl (C=S) groups is 1. The zero-order valence-corrected chi connectivity index (χ0v) is 15.8. The number of rotatable bonds is 11. The second-order valence-corrected chi connectivity index (χ2v) is 6.15. The minimum Gasteiger partial charge on any atom is -0.492 e. The quantitative estimate of drug-likeness (QED) is 0.428. The summed E-state index contributed by atoms with van der Waals surface area (Å²) in [7, 11) is 0. The maximum atomic E-state index is 5.67. The fourth-order valence-electron chi connectivity index (χ4n) is 2.47. The summed E-state index contributed by atoms with van der Waals surface area (Å²) < 4.78 is 5.67. The second-order valence-electron chi connectivity index (χ2n) is 5.76. The van der Waals surface area contributed by atoms with Gasteiger partial charge in [-0.2, -0.15) is 0 Å². The first kappa shape index (κ1) is 19.8. The summed E-state index contributed by atoms with van der Waals surface area (Å²) in [5.41, 5.74) is 0.954. The average Bonchev–Trinajstić information content (AvgIpc) is 2.55. The summed E-state index contributed by atoms with van der Waals surface area (Å²) in [6.45, 7) is 9.17. The van der Waals surface area contributed by atoms with Crippen molar-refractivity contribution < 1.29 is 4.74 Å². The predicted molar refractivity (Wildman–Crippen MR) is 104 cm³/mol. The van der Waals surface area contributed by atoms with Gasteiger partial charge in [0, 0.05) is 13.1 Å². The van der Waals surface area contributed by atoms with Crippen LogP contribution in [0.3, 0.4) is 0 Å². The first-order chi connectivity index (χ1) is 11.2. The molecule has 0 aliphatic heterocycles. The molecular formula is C19H32N2OS. The molecule has 0 aromatic heterocycles. The number of ether oxygens (including phenoxy) is 1. The van der Waals surface area contributed by atoms with Crippen molar-refractivity contribution in [2.45, 2.75) is 59.3 Å². The van der Waals surface area contributed by atoms with Crippen molar-refractivity contribution in [1.82, 2.24) is 4.90 Å². The van der Waals surface area contributed by atoms with Crippen LogP contribution in [0.2, 0.25) is 0 Å². The number of anilines is 1. The number of nitrogens with one attached hydrogen (secondary N) is 1. The first-order valence-electron chi connectivity index (χ1n) is 9.00. The van der Waals surface area contributed by atoms with Gasteiger partial charge in [0.1, 0.15) is 5.75 Å². The van der Waals surface area contributed by atoms with Crippen LogP contribution < -0.4 is 10.1 Å². The summed E-state index contributed by atoms with van der Waals surface area (Å²) in [5, 5.41) is 4.19. The van der Waals surface area contributed by atoms with Crippen molar-refractivity contribution in [3.8, 4) is 5.75 Å². The summed E-state index contributed by atoms with van der Waals surface area (Å²) >= 11 is 5.66. The average molecular weight is 337 g/mol. The second kappa shape index (κ2) is 12.2. The molecule has 0 radical (unpaired) electrons. The number of para-hydroxylation sites is 2. The zero-order chi connectivity index (χ0) is 16.9. The number of nitrogens with zero attached hydrogens (tertiary/aromatic N) is 1. The van der Waals surface area contributed by atoms with Gasteiger partial charge in [-0.25, -0.2) is 0 Å². The van der Waals surface area contributed by atoms with Crippen LogP contribution in [-0.2, 0) is 0 Å². The van der Waals surface area contributed by atoms with E-state index in [9.17, 15) is 0 Å². The highest BCUT2D eigenvalue weighted by Crippen LogP contribution is 2.24. The maximum Gasteiger partial charge on any atom is 0.173 e. The van der Waals surface area contributed by atoms with Crippen LogP contribution in [-0.4, -0.2) is 29.7 Å². The highest BCUT2D eigenvalue weighted by Gasteiger charge is 2.11. The minimum absolute atomic E-state index is 0.655. The van der Waals surface area contributed by atoms with E-state index in [-0.39, 0.29) is 0 Å². The number of hydrogen-bond donors (Lipinski definition) is 1. The molecule has 1 N–H and O–H groups in total. The Kier molecular flexibility index (Phi) is 10.5. The normalized spacial score (nSPS) is 10.4. The topological polar surface area (TPSA) is 24.5 Å². The van der Waals surface area contributed by atoms with Crippen LogP contribution in [0.15, 0.2) is 24.3 Å². The third-order valence-corrected chi connectivity index (χ3v) is 4.14. The Hall–Kier alpha value is -1.29. The molecule has 1 aromatic rings. The lowest BCUT2D eigenvalue weighted by atomic mass is 10.2. The molecule has 0 unspecified atom stereocenters. The first-order valence-corrected chi connectivity index (χ1v) is 9.41. The fraction of sp³-hybridized carbons (Fsp3) is 0.632. The van der Waals surface area contributed by atoms with E-state index in [1.807, 2.05) is 31.2 Å². The van der Waals surface area contributed by atoms with Gasteiger partial charge in [0.25, 0.3) is 0 Å². The van der Waals surface area contributed by atoms with Gasteiger partial charge in [-0.3, -0.25) is 0 Å². The van der Waals surface area contributed by atoms with E-state index in [2.05, 4.69) is 24.1 Å². The standard InChI is InChI=1S/C19H32N2OS/c1-4-7-11-15-21(16-12-8-5-2)19(23)20-17-13-9-10-14-18(17)22-6-3/h9-10,13-14H,4-8,11-12,15-16H2,1-3H3,(H,20,23). The fourth-order valence-corrected chi connectivity index (χ4v) is 2.76. The lowest BCUT2D eigenvalue weighted by molar-refractivity contribution is 0.341. The molecule has 0 saturated carbocycles. The largest absolute Gasteiger partial charge is 0.492 e. The van der Waals surface area contributed by atoms with E-state index >= 15 is 0 Å². The summed E-state index contributed by atoms with van der Waals surface area (Å²) in [6, 6.07) is 7.99. The van der Waals surface area contributed by atoms with Crippen LogP contribution in [0.5, 0.6) is 5.75 Å².